The van der Waals surface area contributed by atoms with Crippen LogP contribution in [0.1, 0.15) is 33.6 Å². The molecule has 0 aliphatic carbocycles. The van der Waals surface area contributed by atoms with Crippen LogP contribution in [-0.4, -0.2) is 46.9 Å². The lowest BCUT2D eigenvalue weighted by molar-refractivity contribution is -0.0101. The molecule has 22 heavy (non-hydrogen) atoms. The van der Waals surface area contributed by atoms with Gasteiger partial charge in [-0.25, -0.2) is 4.79 Å². The zero-order valence-electron chi connectivity index (χ0n) is 14.7. The monoisotopic (exact) mass is 327 g/mol. The maximum atomic E-state index is 11.5. The molecule has 0 aromatic heterocycles. The Balaban J connectivity index is 2.70. The van der Waals surface area contributed by atoms with Crippen LogP contribution < -0.4 is 5.32 Å². The van der Waals surface area contributed by atoms with Gasteiger partial charge in [-0.05, 0) is 31.2 Å². The SMILES string of the molecule is COC(=O)OC1(C#CCO[Si](C)(C)C(C)(C)C)CCNCC1. The van der Waals surface area contributed by atoms with Gasteiger partial charge in [0.05, 0.1) is 13.7 Å². The molecule has 1 saturated heterocycles. The molecule has 0 amide bonds. The summed E-state index contributed by atoms with van der Waals surface area (Å²) in [6.07, 6.45) is 0.645. The van der Waals surface area contributed by atoms with E-state index in [9.17, 15) is 4.79 Å². The van der Waals surface area contributed by atoms with E-state index in [1.54, 1.807) is 0 Å². The lowest BCUT2D eigenvalue weighted by Gasteiger charge is -2.35. The molecular formula is C16H29NO4Si. The molecule has 0 bridgehead atoms. The van der Waals surface area contributed by atoms with Crippen molar-refractivity contribution in [1.82, 2.24) is 5.32 Å². The summed E-state index contributed by atoms with van der Waals surface area (Å²) in [6.45, 7) is 12.9. The van der Waals surface area contributed by atoms with E-state index in [4.69, 9.17) is 9.16 Å². The van der Waals surface area contributed by atoms with Crippen LogP contribution in [-0.2, 0) is 13.9 Å². The number of methoxy groups -OCH3 is 1. The van der Waals surface area contributed by atoms with Crippen molar-refractivity contribution in [3.8, 4) is 11.8 Å². The Labute approximate surface area is 135 Å². The number of piperidine rings is 1. The summed E-state index contributed by atoms with van der Waals surface area (Å²) in [6, 6.07) is 0. The summed E-state index contributed by atoms with van der Waals surface area (Å²) in [4.78, 5) is 11.5. The van der Waals surface area contributed by atoms with Crippen LogP contribution in [0, 0.1) is 11.8 Å². The van der Waals surface area contributed by atoms with E-state index in [0.717, 1.165) is 13.1 Å². The fourth-order valence-corrected chi connectivity index (χ4v) is 2.78. The molecule has 5 nitrogen and oxygen atoms in total. The Morgan fingerprint density at radius 3 is 2.36 bits per heavy atom. The Morgan fingerprint density at radius 1 is 1.27 bits per heavy atom. The molecule has 0 atom stereocenters. The average molecular weight is 327 g/mol. The van der Waals surface area contributed by atoms with Gasteiger partial charge < -0.3 is 19.2 Å². The second-order valence-electron chi connectivity index (χ2n) is 7.15. The number of hydrogen-bond donors (Lipinski definition) is 1. The lowest BCUT2D eigenvalue weighted by atomic mass is 9.93. The zero-order valence-corrected chi connectivity index (χ0v) is 15.7. The summed E-state index contributed by atoms with van der Waals surface area (Å²) in [5.41, 5.74) is -0.755. The van der Waals surface area contributed by atoms with Gasteiger partial charge in [0.15, 0.2) is 13.9 Å². The highest BCUT2D eigenvalue weighted by Gasteiger charge is 2.37. The first-order chi connectivity index (χ1) is 10.1. The molecule has 0 radical (unpaired) electrons. The predicted octanol–water partition coefficient (Wildman–Crippen LogP) is 2.92. The van der Waals surface area contributed by atoms with Crippen molar-refractivity contribution < 1.29 is 18.7 Å². The van der Waals surface area contributed by atoms with Gasteiger partial charge >= 0.3 is 6.16 Å². The molecule has 1 aliphatic heterocycles. The first kappa shape index (κ1) is 19.0. The van der Waals surface area contributed by atoms with E-state index in [-0.39, 0.29) is 5.04 Å². The minimum atomic E-state index is -1.80. The third-order valence-corrected chi connectivity index (χ3v) is 8.96. The smallest absolute Gasteiger partial charge is 0.438 e. The highest BCUT2D eigenvalue weighted by Crippen LogP contribution is 2.36. The predicted molar refractivity (Wildman–Crippen MR) is 89.2 cm³/mol. The van der Waals surface area contributed by atoms with E-state index in [2.05, 4.69) is 55.8 Å². The first-order valence-electron chi connectivity index (χ1n) is 7.74. The maximum Gasteiger partial charge on any atom is 0.509 e. The number of ether oxygens (including phenoxy) is 2. The van der Waals surface area contributed by atoms with Crippen LogP contribution >= 0.6 is 0 Å². The number of carbonyl (C=O) groups excluding carboxylic acids is 1. The zero-order chi connectivity index (χ0) is 16.9. The molecule has 0 saturated carbocycles. The van der Waals surface area contributed by atoms with Crippen LogP contribution in [0.2, 0.25) is 18.1 Å². The Morgan fingerprint density at radius 2 is 1.86 bits per heavy atom. The van der Waals surface area contributed by atoms with Crippen LogP contribution in [0.3, 0.4) is 0 Å². The van der Waals surface area contributed by atoms with E-state index < -0.39 is 20.1 Å². The summed E-state index contributed by atoms with van der Waals surface area (Å²) in [5.74, 6) is 6.16. The Bertz CT molecular complexity index is 439. The fourth-order valence-electron chi connectivity index (χ4n) is 1.91. The summed E-state index contributed by atoms with van der Waals surface area (Å²) in [7, 11) is -0.492. The third-order valence-electron chi connectivity index (χ3n) is 4.48. The van der Waals surface area contributed by atoms with Crippen LogP contribution in [0.5, 0.6) is 0 Å². The van der Waals surface area contributed by atoms with E-state index in [1.165, 1.54) is 7.11 Å². The summed E-state index contributed by atoms with van der Waals surface area (Å²) < 4.78 is 16.1. The second kappa shape index (κ2) is 7.49. The molecular weight excluding hydrogens is 298 g/mol. The standard InChI is InChI=1S/C16H29NO4Si/c1-15(2,3)22(5,6)20-13-7-8-16(21-14(18)19-4)9-11-17-12-10-16/h17H,9-13H2,1-6H3. The number of carbonyl (C=O) groups is 1. The normalized spacial score (nSPS) is 18.1. The van der Waals surface area contributed by atoms with Gasteiger partial charge in [-0.3, -0.25) is 0 Å². The van der Waals surface area contributed by atoms with E-state index >= 15 is 0 Å². The topological polar surface area (TPSA) is 56.8 Å². The van der Waals surface area contributed by atoms with Crippen molar-refractivity contribution in [2.24, 2.45) is 0 Å². The van der Waals surface area contributed by atoms with Gasteiger partial charge in [-0.15, -0.1) is 0 Å². The summed E-state index contributed by atoms with van der Waals surface area (Å²) >= 11 is 0. The Hall–Kier alpha value is -1.03. The highest BCUT2D eigenvalue weighted by atomic mass is 28.4. The van der Waals surface area contributed by atoms with Crippen LogP contribution in [0.25, 0.3) is 0 Å². The van der Waals surface area contributed by atoms with Crippen molar-refractivity contribution in [1.29, 1.82) is 0 Å². The molecule has 1 heterocycles. The number of hydrogen-bond acceptors (Lipinski definition) is 5. The van der Waals surface area contributed by atoms with Gasteiger partial charge in [-0.1, -0.05) is 32.6 Å². The van der Waals surface area contributed by atoms with Crippen LogP contribution in [0.4, 0.5) is 4.79 Å². The highest BCUT2D eigenvalue weighted by molar-refractivity contribution is 6.74. The molecule has 126 valence electrons. The maximum absolute atomic E-state index is 11.5. The van der Waals surface area contributed by atoms with Crippen molar-refractivity contribution in [3.05, 3.63) is 0 Å². The molecule has 1 fully saturated rings. The molecule has 0 unspecified atom stereocenters. The quantitative estimate of drug-likeness (QED) is 0.491. The first-order valence-corrected chi connectivity index (χ1v) is 10.6. The van der Waals surface area contributed by atoms with Crippen molar-refractivity contribution in [2.45, 2.75) is 57.3 Å². The van der Waals surface area contributed by atoms with Gasteiger partial charge in [0.1, 0.15) is 0 Å². The fraction of sp³-hybridized carbons (Fsp3) is 0.812. The van der Waals surface area contributed by atoms with E-state index in [1.807, 2.05) is 0 Å². The molecule has 1 N–H and O–H groups in total. The number of rotatable bonds is 3. The van der Waals surface area contributed by atoms with E-state index in [0.29, 0.717) is 19.4 Å². The lowest BCUT2D eigenvalue weighted by Crippen LogP contribution is -2.44. The Kier molecular flexibility index (Phi) is 6.47. The summed E-state index contributed by atoms with van der Waals surface area (Å²) in [5, 5.41) is 3.40. The molecule has 0 spiro atoms. The largest absolute Gasteiger partial charge is 0.509 e. The van der Waals surface area contributed by atoms with Crippen molar-refractivity contribution in [3.63, 3.8) is 0 Å². The minimum Gasteiger partial charge on any atom is -0.438 e. The van der Waals surface area contributed by atoms with Crippen LogP contribution in [0.15, 0.2) is 0 Å². The van der Waals surface area contributed by atoms with Gasteiger partial charge in [0.25, 0.3) is 0 Å². The molecule has 1 aliphatic rings. The average Bonchev–Trinajstić information content (AvgIpc) is 2.43. The van der Waals surface area contributed by atoms with Crippen molar-refractivity contribution >= 4 is 14.5 Å². The van der Waals surface area contributed by atoms with Gasteiger partial charge in [-0.2, -0.15) is 0 Å². The molecule has 0 aromatic carbocycles. The molecule has 6 heteroatoms. The number of nitrogens with one attached hydrogen (secondary N) is 1. The third kappa shape index (κ3) is 5.31. The van der Waals surface area contributed by atoms with Crippen molar-refractivity contribution in [2.75, 3.05) is 26.8 Å². The van der Waals surface area contributed by atoms with Gasteiger partial charge in [0.2, 0.25) is 0 Å². The van der Waals surface area contributed by atoms with Gasteiger partial charge in [0, 0.05) is 12.8 Å². The second-order valence-corrected chi connectivity index (χ2v) is 12.0. The molecule has 1 rings (SSSR count). The molecule has 0 aromatic rings. The minimum absolute atomic E-state index is 0.156.